The second-order valence-corrected chi connectivity index (χ2v) is 7.43. The summed E-state index contributed by atoms with van der Waals surface area (Å²) >= 11 is 0. The van der Waals surface area contributed by atoms with E-state index in [9.17, 15) is 19.5 Å². The maximum atomic E-state index is 12.9. The van der Waals surface area contributed by atoms with Gasteiger partial charge in [0.25, 0.3) is 17.7 Å². The van der Waals surface area contributed by atoms with E-state index in [-0.39, 0.29) is 18.6 Å². The van der Waals surface area contributed by atoms with Crippen molar-refractivity contribution in [1.82, 2.24) is 15.7 Å². The third-order valence-electron chi connectivity index (χ3n) is 5.37. The van der Waals surface area contributed by atoms with E-state index < -0.39 is 29.4 Å². The van der Waals surface area contributed by atoms with E-state index in [0.29, 0.717) is 11.1 Å². The van der Waals surface area contributed by atoms with Gasteiger partial charge in [0.2, 0.25) is 0 Å². The number of nitrogens with zero attached hydrogens (tertiary/aromatic N) is 1. The van der Waals surface area contributed by atoms with Crippen molar-refractivity contribution >= 4 is 17.7 Å². The predicted molar refractivity (Wildman–Crippen MR) is 120 cm³/mol. The lowest BCUT2D eigenvalue weighted by Gasteiger charge is -2.34. The first-order valence-electron chi connectivity index (χ1n) is 10.1. The SMILES string of the molecule is CNC(=O)[C@@](C)(C(=O)NO)N(C)C(=O)c1ccc(C#Cc2ccc(C(O)CCO)cc2)cc1. The second-order valence-electron chi connectivity index (χ2n) is 7.43. The number of aliphatic hydroxyl groups excluding tert-OH is 2. The van der Waals surface area contributed by atoms with E-state index in [4.69, 9.17) is 10.3 Å². The van der Waals surface area contributed by atoms with Crippen molar-refractivity contribution in [2.75, 3.05) is 20.7 Å². The number of hydroxylamine groups is 1. The Hall–Kier alpha value is -3.71. The fraction of sp³-hybridized carbons (Fsp3) is 0.292. The highest BCUT2D eigenvalue weighted by Gasteiger charge is 2.47. The summed E-state index contributed by atoms with van der Waals surface area (Å²) in [5.41, 5.74) is 1.76. The number of rotatable bonds is 7. The number of nitrogens with one attached hydrogen (secondary N) is 2. The molecule has 9 nitrogen and oxygen atoms in total. The molecule has 0 aliphatic carbocycles. The van der Waals surface area contributed by atoms with Gasteiger partial charge in [-0.2, -0.15) is 0 Å². The number of carbonyl (C=O) groups is 3. The number of benzene rings is 2. The van der Waals surface area contributed by atoms with E-state index in [2.05, 4.69) is 17.2 Å². The Morgan fingerprint density at radius 3 is 1.97 bits per heavy atom. The number of hydrogen-bond acceptors (Lipinski definition) is 6. The number of amides is 3. The first kappa shape index (κ1) is 25.5. The van der Waals surface area contributed by atoms with Gasteiger partial charge in [-0.05, 0) is 48.9 Å². The minimum absolute atomic E-state index is 0.101. The molecule has 0 saturated heterocycles. The molecule has 1 unspecified atom stereocenters. The molecule has 0 spiro atoms. The lowest BCUT2D eigenvalue weighted by atomic mass is 9.96. The van der Waals surface area contributed by atoms with Crippen molar-refractivity contribution in [3.8, 4) is 11.8 Å². The van der Waals surface area contributed by atoms with Crippen LogP contribution in [0, 0.1) is 11.8 Å². The normalized spacial score (nSPS) is 13.0. The van der Waals surface area contributed by atoms with Gasteiger partial charge in [-0.3, -0.25) is 19.6 Å². The fourth-order valence-corrected chi connectivity index (χ4v) is 3.07. The van der Waals surface area contributed by atoms with Crippen LogP contribution >= 0.6 is 0 Å². The maximum Gasteiger partial charge on any atom is 0.278 e. The van der Waals surface area contributed by atoms with Crippen molar-refractivity contribution in [2.45, 2.75) is 25.0 Å². The molecule has 33 heavy (non-hydrogen) atoms. The smallest absolute Gasteiger partial charge is 0.278 e. The molecule has 0 aliphatic rings. The van der Waals surface area contributed by atoms with Gasteiger partial charge in [0.15, 0.2) is 5.54 Å². The molecule has 2 atom stereocenters. The van der Waals surface area contributed by atoms with Crippen molar-refractivity contribution in [3.05, 3.63) is 70.8 Å². The van der Waals surface area contributed by atoms with Gasteiger partial charge in [-0.25, -0.2) is 5.48 Å². The monoisotopic (exact) mass is 453 g/mol. The Balaban J connectivity index is 2.18. The molecule has 0 aliphatic heterocycles. The van der Waals surface area contributed by atoms with E-state index in [1.807, 2.05) is 0 Å². The lowest BCUT2D eigenvalue weighted by molar-refractivity contribution is -0.148. The zero-order valence-electron chi connectivity index (χ0n) is 18.6. The topological polar surface area (TPSA) is 139 Å². The van der Waals surface area contributed by atoms with Crippen molar-refractivity contribution < 1.29 is 29.8 Å². The summed E-state index contributed by atoms with van der Waals surface area (Å²) in [5, 5.41) is 30.1. The van der Waals surface area contributed by atoms with Gasteiger partial charge in [0, 0.05) is 43.8 Å². The van der Waals surface area contributed by atoms with Crippen LogP contribution in [0.1, 0.15) is 46.5 Å². The molecule has 0 radical (unpaired) electrons. The largest absolute Gasteiger partial charge is 0.396 e. The average molecular weight is 453 g/mol. The molecular formula is C24H27N3O6. The quantitative estimate of drug-likeness (QED) is 0.180. The van der Waals surface area contributed by atoms with E-state index in [1.165, 1.54) is 38.6 Å². The van der Waals surface area contributed by atoms with Crippen LogP contribution in [0.15, 0.2) is 48.5 Å². The lowest BCUT2D eigenvalue weighted by Crippen LogP contribution is -2.64. The van der Waals surface area contributed by atoms with Crippen LogP contribution in [0.3, 0.4) is 0 Å². The summed E-state index contributed by atoms with van der Waals surface area (Å²) in [4.78, 5) is 38.2. The molecule has 174 valence electrons. The summed E-state index contributed by atoms with van der Waals surface area (Å²) < 4.78 is 0. The first-order chi connectivity index (χ1) is 15.7. The van der Waals surface area contributed by atoms with Crippen molar-refractivity contribution in [3.63, 3.8) is 0 Å². The van der Waals surface area contributed by atoms with Crippen LogP contribution in [0.2, 0.25) is 0 Å². The van der Waals surface area contributed by atoms with Crippen LogP contribution in [0.4, 0.5) is 0 Å². The zero-order valence-corrected chi connectivity index (χ0v) is 18.6. The second kappa shape index (κ2) is 11.2. The molecule has 0 saturated carbocycles. The van der Waals surface area contributed by atoms with E-state index >= 15 is 0 Å². The van der Waals surface area contributed by atoms with Crippen LogP contribution in [-0.4, -0.2) is 64.3 Å². The molecule has 3 amide bonds. The molecule has 0 fully saturated rings. The van der Waals surface area contributed by atoms with Crippen molar-refractivity contribution in [2.24, 2.45) is 0 Å². The number of carbonyl (C=O) groups excluding carboxylic acids is 3. The minimum atomic E-state index is -1.96. The maximum absolute atomic E-state index is 12.9. The van der Waals surface area contributed by atoms with Gasteiger partial charge < -0.3 is 20.4 Å². The highest BCUT2D eigenvalue weighted by atomic mass is 16.5. The van der Waals surface area contributed by atoms with Crippen LogP contribution in [-0.2, 0) is 9.59 Å². The standard InChI is InChI=1S/C24H27N3O6/c1-24(22(31)25-2,23(32)26-33)27(3)21(30)19-12-8-17(9-13-19)5-4-16-6-10-18(11-7-16)20(29)14-15-28/h6-13,20,28-29,33H,14-15H2,1-3H3,(H,25,31)(H,26,32)/t20?,24-/m0/s1. The Labute approximate surface area is 192 Å². The molecule has 0 heterocycles. The number of aliphatic hydroxyl groups is 2. The van der Waals surface area contributed by atoms with Crippen molar-refractivity contribution in [1.29, 1.82) is 0 Å². The van der Waals surface area contributed by atoms with Gasteiger partial charge in [-0.1, -0.05) is 24.0 Å². The third kappa shape index (κ3) is 5.75. The molecule has 0 aromatic heterocycles. The Bertz CT molecular complexity index is 1040. The molecule has 2 aromatic carbocycles. The highest BCUT2D eigenvalue weighted by Crippen LogP contribution is 2.19. The summed E-state index contributed by atoms with van der Waals surface area (Å²) in [7, 11) is 2.61. The van der Waals surface area contributed by atoms with Crippen LogP contribution in [0.5, 0.6) is 0 Å². The van der Waals surface area contributed by atoms with Gasteiger partial charge in [-0.15, -0.1) is 0 Å². The van der Waals surface area contributed by atoms with Gasteiger partial charge in [0.1, 0.15) is 0 Å². The summed E-state index contributed by atoms with van der Waals surface area (Å²) in [5.74, 6) is 3.56. The Kier molecular flexibility index (Phi) is 8.70. The number of hydrogen-bond donors (Lipinski definition) is 5. The molecule has 0 bridgehead atoms. The molecule has 5 N–H and O–H groups in total. The summed E-state index contributed by atoms with van der Waals surface area (Å²) in [6, 6.07) is 13.3. The Morgan fingerprint density at radius 2 is 1.52 bits per heavy atom. The van der Waals surface area contributed by atoms with Crippen LogP contribution < -0.4 is 10.8 Å². The zero-order chi connectivity index (χ0) is 24.6. The Morgan fingerprint density at radius 1 is 1.00 bits per heavy atom. The molecule has 2 rings (SSSR count). The first-order valence-corrected chi connectivity index (χ1v) is 10.1. The van der Waals surface area contributed by atoms with Gasteiger partial charge in [0.05, 0.1) is 6.10 Å². The number of likely N-dealkylation sites (N-methyl/N-ethyl adjacent to an activating group) is 2. The average Bonchev–Trinajstić information content (AvgIpc) is 2.85. The summed E-state index contributed by atoms with van der Waals surface area (Å²) in [6.07, 6.45) is -0.466. The molecule has 2 aromatic rings. The highest BCUT2D eigenvalue weighted by molar-refractivity contribution is 6.12. The minimum Gasteiger partial charge on any atom is -0.396 e. The fourth-order valence-electron chi connectivity index (χ4n) is 3.07. The molecule has 9 heteroatoms. The third-order valence-corrected chi connectivity index (χ3v) is 5.37. The van der Waals surface area contributed by atoms with E-state index in [0.717, 1.165) is 10.5 Å². The van der Waals surface area contributed by atoms with Crippen LogP contribution in [0.25, 0.3) is 0 Å². The van der Waals surface area contributed by atoms with Gasteiger partial charge >= 0.3 is 0 Å². The molecular weight excluding hydrogens is 426 g/mol. The summed E-state index contributed by atoms with van der Waals surface area (Å²) in [6.45, 7) is 1.12. The predicted octanol–water partition coefficient (Wildman–Crippen LogP) is 0.584. The van der Waals surface area contributed by atoms with E-state index in [1.54, 1.807) is 36.4 Å².